The third kappa shape index (κ3) is 6.21. The second kappa shape index (κ2) is 9.74. The number of aromatic nitrogens is 1. The summed E-state index contributed by atoms with van der Waals surface area (Å²) in [7, 11) is 0. The first-order valence-electron chi connectivity index (χ1n) is 10.4. The number of rotatable bonds is 7. The standard InChI is InChI=1S/C21H33N3O3S/c1-21(2,3)24-13-17(27-15-24)14-26-20-23-12-18(28-20)19(25)22-11-7-10-16-8-5-4-6-9-16/h12,14,16H,4-11,13,15H2,1-3H3,(H,22,25). The molecule has 1 saturated carbocycles. The van der Waals surface area contributed by atoms with Gasteiger partial charge in [0.1, 0.15) is 23.6 Å². The van der Waals surface area contributed by atoms with Crippen LogP contribution >= 0.6 is 11.3 Å². The molecule has 0 radical (unpaired) electrons. The van der Waals surface area contributed by atoms with Gasteiger partial charge in [0.05, 0.1) is 12.7 Å². The van der Waals surface area contributed by atoms with Crippen LogP contribution in [0.3, 0.4) is 0 Å². The summed E-state index contributed by atoms with van der Waals surface area (Å²) in [4.78, 5) is 19.3. The molecule has 0 unspecified atom stereocenters. The normalized spacial score (nSPS) is 20.3. The van der Waals surface area contributed by atoms with E-state index < -0.39 is 0 Å². The third-order valence-electron chi connectivity index (χ3n) is 5.50. The van der Waals surface area contributed by atoms with Crippen molar-refractivity contribution in [2.45, 2.75) is 71.3 Å². The van der Waals surface area contributed by atoms with E-state index in [1.165, 1.54) is 49.9 Å². The summed E-state index contributed by atoms with van der Waals surface area (Å²) in [5, 5.41) is 3.46. The predicted molar refractivity (Wildman–Crippen MR) is 111 cm³/mol. The lowest BCUT2D eigenvalue weighted by atomic mass is 9.86. The maximum absolute atomic E-state index is 12.3. The van der Waals surface area contributed by atoms with Crippen LogP contribution in [0.15, 0.2) is 18.2 Å². The molecule has 7 heteroatoms. The van der Waals surface area contributed by atoms with Crippen molar-refractivity contribution in [3.05, 3.63) is 23.1 Å². The Kier molecular flexibility index (Phi) is 7.35. The van der Waals surface area contributed by atoms with E-state index in [1.54, 1.807) is 12.5 Å². The fraction of sp³-hybridized carbons (Fsp3) is 0.714. The molecule has 1 aromatic rings. The Morgan fingerprint density at radius 2 is 2.18 bits per heavy atom. The minimum atomic E-state index is -0.0697. The van der Waals surface area contributed by atoms with Gasteiger partial charge in [0.15, 0.2) is 0 Å². The first-order chi connectivity index (χ1) is 13.4. The zero-order valence-electron chi connectivity index (χ0n) is 17.3. The molecule has 2 heterocycles. The molecule has 6 nitrogen and oxygen atoms in total. The third-order valence-corrected chi connectivity index (χ3v) is 6.39. The summed E-state index contributed by atoms with van der Waals surface area (Å²) in [6.07, 6.45) is 12.3. The fourth-order valence-electron chi connectivity index (χ4n) is 3.63. The molecule has 28 heavy (non-hydrogen) atoms. The highest BCUT2D eigenvalue weighted by molar-refractivity contribution is 7.15. The highest BCUT2D eigenvalue weighted by Crippen LogP contribution is 2.27. The molecular formula is C21H33N3O3S. The Balaban J connectivity index is 1.38. The van der Waals surface area contributed by atoms with Crippen molar-refractivity contribution >= 4 is 17.2 Å². The highest BCUT2D eigenvalue weighted by Gasteiger charge is 2.28. The molecule has 1 N–H and O–H groups in total. The molecular weight excluding hydrogens is 374 g/mol. The molecule has 1 aliphatic carbocycles. The van der Waals surface area contributed by atoms with Crippen LogP contribution in [0, 0.1) is 5.92 Å². The molecule has 0 aromatic carbocycles. The molecule has 156 valence electrons. The number of hydrogen-bond donors (Lipinski definition) is 1. The smallest absolute Gasteiger partial charge is 0.278 e. The van der Waals surface area contributed by atoms with Crippen molar-refractivity contribution in [2.24, 2.45) is 5.92 Å². The lowest BCUT2D eigenvalue weighted by molar-refractivity contribution is 0.0942. The van der Waals surface area contributed by atoms with Gasteiger partial charge in [0, 0.05) is 12.1 Å². The van der Waals surface area contributed by atoms with Gasteiger partial charge >= 0.3 is 0 Å². The number of ether oxygens (including phenoxy) is 2. The first kappa shape index (κ1) is 21.1. The molecule has 0 spiro atoms. The predicted octanol–water partition coefficient (Wildman–Crippen LogP) is 4.54. The number of carbonyl (C=O) groups is 1. The summed E-state index contributed by atoms with van der Waals surface area (Å²) in [6.45, 7) is 8.46. The molecule has 2 aliphatic rings. The Morgan fingerprint density at radius 1 is 1.39 bits per heavy atom. The Labute approximate surface area is 172 Å². The van der Waals surface area contributed by atoms with Gasteiger partial charge in [-0.15, -0.1) is 0 Å². The zero-order chi connectivity index (χ0) is 20.0. The number of thiazole rings is 1. The van der Waals surface area contributed by atoms with E-state index in [-0.39, 0.29) is 11.4 Å². The summed E-state index contributed by atoms with van der Waals surface area (Å²) in [5.74, 6) is 1.56. The number of nitrogens with zero attached hydrogens (tertiary/aromatic N) is 2. The summed E-state index contributed by atoms with van der Waals surface area (Å²) < 4.78 is 11.2. The van der Waals surface area contributed by atoms with E-state index in [0.717, 1.165) is 24.6 Å². The van der Waals surface area contributed by atoms with Crippen molar-refractivity contribution in [3.8, 4) is 5.19 Å². The fourth-order valence-corrected chi connectivity index (χ4v) is 4.29. The van der Waals surface area contributed by atoms with Crippen LogP contribution < -0.4 is 10.1 Å². The van der Waals surface area contributed by atoms with Gasteiger partial charge < -0.3 is 14.8 Å². The lowest BCUT2D eigenvalue weighted by Crippen LogP contribution is -2.39. The van der Waals surface area contributed by atoms with E-state index >= 15 is 0 Å². The Bertz CT molecular complexity index is 675. The maximum Gasteiger partial charge on any atom is 0.278 e. The van der Waals surface area contributed by atoms with Crippen molar-refractivity contribution in [2.75, 3.05) is 19.8 Å². The van der Waals surface area contributed by atoms with Crippen molar-refractivity contribution in [1.29, 1.82) is 0 Å². The van der Waals surface area contributed by atoms with E-state index in [9.17, 15) is 4.79 Å². The van der Waals surface area contributed by atoms with E-state index in [0.29, 0.717) is 23.3 Å². The van der Waals surface area contributed by atoms with Crippen molar-refractivity contribution < 1.29 is 14.3 Å². The molecule has 2 fully saturated rings. The number of carbonyl (C=O) groups excluding carboxylic acids is 1. The molecule has 1 aliphatic heterocycles. The summed E-state index contributed by atoms with van der Waals surface area (Å²) in [5.41, 5.74) is 0.0546. The van der Waals surface area contributed by atoms with Crippen LogP contribution in [-0.4, -0.2) is 41.2 Å². The second-order valence-corrected chi connectivity index (χ2v) is 9.73. The van der Waals surface area contributed by atoms with Gasteiger partial charge in [-0.05, 0) is 39.5 Å². The van der Waals surface area contributed by atoms with Crippen molar-refractivity contribution in [3.63, 3.8) is 0 Å². The molecule has 1 amide bonds. The van der Waals surface area contributed by atoms with Gasteiger partial charge in [-0.2, -0.15) is 0 Å². The largest absolute Gasteiger partial charge is 0.478 e. The van der Waals surface area contributed by atoms with Crippen LogP contribution in [0.5, 0.6) is 5.19 Å². The Morgan fingerprint density at radius 3 is 2.89 bits per heavy atom. The lowest BCUT2D eigenvalue weighted by Gasteiger charge is -2.28. The molecule has 3 rings (SSSR count). The van der Waals surface area contributed by atoms with Crippen molar-refractivity contribution in [1.82, 2.24) is 15.2 Å². The topological polar surface area (TPSA) is 63.7 Å². The average molecular weight is 408 g/mol. The summed E-state index contributed by atoms with van der Waals surface area (Å²) >= 11 is 1.26. The van der Waals surface area contributed by atoms with E-state index in [4.69, 9.17) is 9.47 Å². The molecule has 1 saturated heterocycles. The van der Waals surface area contributed by atoms with Gasteiger partial charge in [0.2, 0.25) is 0 Å². The van der Waals surface area contributed by atoms with Gasteiger partial charge in [-0.3, -0.25) is 9.69 Å². The average Bonchev–Trinajstić information content (AvgIpc) is 3.33. The minimum absolute atomic E-state index is 0.0546. The van der Waals surface area contributed by atoms with E-state index in [1.807, 2.05) is 0 Å². The monoisotopic (exact) mass is 407 g/mol. The van der Waals surface area contributed by atoms with Crippen LogP contribution in [0.25, 0.3) is 0 Å². The maximum atomic E-state index is 12.3. The zero-order valence-corrected chi connectivity index (χ0v) is 18.1. The summed E-state index contributed by atoms with van der Waals surface area (Å²) in [6, 6.07) is 0. The highest BCUT2D eigenvalue weighted by atomic mass is 32.1. The van der Waals surface area contributed by atoms with E-state index in [2.05, 4.69) is 36.0 Å². The number of amides is 1. The quantitative estimate of drug-likeness (QED) is 0.531. The minimum Gasteiger partial charge on any atom is -0.478 e. The molecule has 1 aromatic heterocycles. The van der Waals surface area contributed by atoms with Gasteiger partial charge in [-0.25, -0.2) is 4.98 Å². The SMILES string of the molecule is CC(C)(C)N1COC(=COc2ncc(C(=O)NCCCC3CCCCC3)s2)C1. The van der Waals surface area contributed by atoms with Crippen LogP contribution in [0.2, 0.25) is 0 Å². The first-order valence-corrected chi connectivity index (χ1v) is 11.2. The van der Waals surface area contributed by atoms with Crippen LogP contribution in [0.4, 0.5) is 0 Å². The number of hydrogen-bond acceptors (Lipinski definition) is 6. The molecule has 0 atom stereocenters. The number of nitrogens with one attached hydrogen (secondary N) is 1. The second-order valence-electron chi connectivity index (χ2n) is 8.74. The van der Waals surface area contributed by atoms with Gasteiger partial charge in [0.25, 0.3) is 11.1 Å². The van der Waals surface area contributed by atoms with Crippen LogP contribution in [0.1, 0.15) is 75.4 Å². The Hall–Kier alpha value is -1.60. The molecule has 0 bridgehead atoms. The van der Waals surface area contributed by atoms with Crippen LogP contribution in [-0.2, 0) is 4.74 Å². The van der Waals surface area contributed by atoms with Gasteiger partial charge in [-0.1, -0.05) is 43.4 Å².